The molecule has 0 atom stereocenters. The zero-order valence-corrected chi connectivity index (χ0v) is 15.4. The van der Waals surface area contributed by atoms with Crippen LogP contribution < -0.4 is 4.90 Å². The minimum Gasteiger partial charge on any atom is -0.308 e. The van der Waals surface area contributed by atoms with E-state index >= 15 is 0 Å². The predicted octanol–water partition coefficient (Wildman–Crippen LogP) is 3.71. The average molecular weight is 375 g/mol. The van der Waals surface area contributed by atoms with Crippen LogP contribution in [0.15, 0.2) is 42.5 Å². The standard InChI is InChI=1S/C19H19F2N3OS/c1-23(2)9-10-24(18(25)11-13-3-5-14(20)6-4-13)19-22-16-8-7-15(21)12-17(16)26-19/h3-8,12H,9-11H2,1-2H3. The smallest absolute Gasteiger partial charge is 0.233 e. The molecular formula is C19H19F2N3OS. The van der Waals surface area contributed by atoms with E-state index in [-0.39, 0.29) is 24.0 Å². The number of aromatic nitrogens is 1. The fourth-order valence-electron chi connectivity index (χ4n) is 2.50. The number of thiazole rings is 1. The maximum Gasteiger partial charge on any atom is 0.233 e. The maximum atomic E-state index is 13.4. The van der Waals surface area contributed by atoms with Crippen molar-refractivity contribution in [3.63, 3.8) is 0 Å². The van der Waals surface area contributed by atoms with Gasteiger partial charge in [0.05, 0.1) is 16.6 Å². The third-order valence-corrected chi connectivity index (χ3v) is 4.95. The number of hydrogen-bond donors (Lipinski definition) is 0. The lowest BCUT2D eigenvalue weighted by Crippen LogP contribution is -2.37. The minimum absolute atomic E-state index is 0.127. The second-order valence-corrected chi connectivity index (χ2v) is 7.27. The molecule has 26 heavy (non-hydrogen) atoms. The Hall–Kier alpha value is -2.38. The molecule has 2 aromatic carbocycles. The van der Waals surface area contributed by atoms with Crippen LogP contribution >= 0.6 is 11.3 Å². The quantitative estimate of drug-likeness (QED) is 0.659. The van der Waals surface area contributed by atoms with Crippen LogP contribution in [0.3, 0.4) is 0 Å². The van der Waals surface area contributed by atoms with E-state index in [0.29, 0.717) is 28.4 Å². The van der Waals surface area contributed by atoms with Gasteiger partial charge < -0.3 is 4.90 Å². The van der Waals surface area contributed by atoms with Gasteiger partial charge in [0.25, 0.3) is 0 Å². The average Bonchev–Trinajstić information content (AvgIpc) is 2.99. The van der Waals surface area contributed by atoms with Crippen molar-refractivity contribution in [3.8, 4) is 0 Å². The zero-order chi connectivity index (χ0) is 18.7. The van der Waals surface area contributed by atoms with Crippen LogP contribution in [0, 0.1) is 11.6 Å². The van der Waals surface area contributed by atoms with Gasteiger partial charge in [0.15, 0.2) is 5.13 Å². The van der Waals surface area contributed by atoms with E-state index in [1.807, 2.05) is 19.0 Å². The van der Waals surface area contributed by atoms with Crippen molar-refractivity contribution < 1.29 is 13.6 Å². The molecule has 0 fully saturated rings. The Kier molecular flexibility index (Phi) is 5.58. The van der Waals surface area contributed by atoms with Crippen LogP contribution in [0.5, 0.6) is 0 Å². The summed E-state index contributed by atoms with van der Waals surface area (Å²) in [6, 6.07) is 10.3. The van der Waals surface area contributed by atoms with Gasteiger partial charge in [-0.05, 0) is 50.0 Å². The number of nitrogens with zero attached hydrogens (tertiary/aromatic N) is 3. The molecule has 0 aliphatic heterocycles. The van der Waals surface area contributed by atoms with Crippen LogP contribution in [0.1, 0.15) is 5.56 Å². The van der Waals surface area contributed by atoms with Crippen LogP contribution in [-0.2, 0) is 11.2 Å². The van der Waals surface area contributed by atoms with E-state index in [1.165, 1.54) is 35.6 Å². The summed E-state index contributed by atoms with van der Waals surface area (Å²) < 4.78 is 27.2. The Morgan fingerprint density at radius 1 is 1.04 bits per heavy atom. The van der Waals surface area contributed by atoms with Gasteiger partial charge in [-0.3, -0.25) is 9.69 Å². The molecule has 0 aliphatic carbocycles. The Labute approximate surface area is 154 Å². The van der Waals surface area contributed by atoms with E-state index in [4.69, 9.17) is 0 Å². The highest BCUT2D eigenvalue weighted by atomic mass is 32.1. The monoisotopic (exact) mass is 375 g/mol. The number of hydrogen-bond acceptors (Lipinski definition) is 4. The molecule has 1 aromatic heterocycles. The molecule has 0 N–H and O–H groups in total. The Morgan fingerprint density at radius 2 is 1.73 bits per heavy atom. The fraction of sp³-hybridized carbons (Fsp3) is 0.263. The Bertz CT molecular complexity index is 909. The third kappa shape index (κ3) is 4.42. The second kappa shape index (κ2) is 7.88. The number of anilines is 1. The highest BCUT2D eigenvalue weighted by Crippen LogP contribution is 2.29. The lowest BCUT2D eigenvalue weighted by Gasteiger charge is -2.22. The third-order valence-electron chi connectivity index (χ3n) is 3.91. The summed E-state index contributed by atoms with van der Waals surface area (Å²) in [5.74, 6) is -0.790. The van der Waals surface area contributed by atoms with Gasteiger partial charge in [-0.15, -0.1) is 0 Å². The summed E-state index contributed by atoms with van der Waals surface area (Å²) in [7, 11) is 3.85. The van der Waals surface area contributed by atoms with Crippen molar-refractivity contribution in [1.29, 1.82) is 0 Å². The molecule has 0 bridgehead atoms. The summed E-state index contributed by atoms with van der Waals surface area (Å²) in [5, 5.41) is 0.541. The largest absolute Gasteiger partial charge is 0.308 e. The predicted molar refractivity (Wildman–Crippen MR) is 101 cm³/mol. The molecule has 1 heterocycles. The summed E-state index contributed by atoms with van der Waals surface area (Å²) in [6.07, 6.45) is 0.151. The summed E-state index contributed by atoms with van der Waals surface area (Å²) in [4.78, 5) is 20.9. The van der Waals surface area contributed by atoms with Crippen molar-refractivity contribution in [2.45, 2.75) is 6.42 Å². The van der Waals surface area contributed by atoms with Crippen LogP contribution in [0.2, 0.25) is 0 Å². The molecule has 0 unspecified atom stereocenters. The van der Waals surface area contributed by atoms with E-state index in [0.717, 1.165) is 5.56 Å². The molecule has 0 spiro atoms. The number of likely N-dealkylation sites (N-methyl/N-ethyl adjacent to an activating group) is 1. The summed E-state index contributed by atoms with van der Waals surface area (Å²) in [5.41, 5.74) is 1.40. The maximum absolute atomic E-state index is 13.4. The molecule has 3 rings (SSSR count). The highest BCUT2D eigenvalue weighted by Gasteiger charge is 2.20. The molecule has 4 nitrogen and oxygen atoms in total. The van der Waals surface area contributed by atoms with Crippen LogP contribution in [-0.4, -0.2) is 43.0 Å². The number of rotatable bonds is 6. The first-order valence-electron chi connectivity index (χ1n) is 8.18. The molecule has 0 saturated carbocycles. The normalized spacial score (nSPS) is 11.3. The van der Waals surface area contributed by atoms with Gasteiger partial charge in [0.2, 0.25) is 5.91 Å². The van der Waals surface area contributed by atoms with E-state index < -0.39 is 0 Å². The number of amides is 1. The number of carbonyl (C=O) groups is 1. The first-order valence-corrected chi connectivity index (χ1v) is 8.99. The number of carbonyl (C=O) groups excluding carboxylic acids is 1. The molecular weight excluding hydrogens is 356 g/mol. The minimum atomic E-state index is -0.334. The molecule has 0 saturated heterocycles. The lowest BCUT2D eigenvalue weighted by atomic mass is 10.1. The second-order valence-electron chi connectivity index (χ2n) is 6.26. The van der Waals surface area contributed by atoms with E-state index in [1.54, 1.807) is 23.1 Å². The Balaban J connectivity index is 1.87. The van der Waals surface area contributed by atoms with Crippen molar-refractivity contribution in [2.75, 3.05) is 32.1 Å². The molecule has 0 radical (unpaired) electrons. The molecule has 0 aliphatic rings. The van der Waals surface area contributed by atoms with Crippen LogP contribution in [0.4, 0.5) is 13.9 Å². The topological polar surface area (TPSA) is 36.4 Å². The highest BCUT2D eigenvalue weighted by molar-refractivity contribution is 7.22. The van der Waals surface area contributed by atoms with E-state index in [2.05, 4.69) is 4.98 Å². The summed E-state index contributed by atoms with van der Waals surface area (Å²) >= 11 is 1.29. The molecule has 3 aromatic rings. The first-order chi connectivity index (χ1) is 12.4. The van der Waals surface area contributed by atoms with Gasteiger partial charge in [0, 0.05) is 13.1 Å². The Morgan fingerprint density at radius 3 is 2.42 bits per heavy atom. The van der Waals surface area contributed by atoms with Gasteiger partial charge in [0.1, 0.15) is 11.6 Å². The van der Waals surface area contributed by atoms with Crippen LogP contribution in [0.25, 0.3) is 10.2 Å². The van der Waals surface area contributed by atoms with Gasteiger partial charge in [-0.1, -0.05) is 23.5 Å². The molecule has 1 amide bonds. The molecule has 136 valence electrons. The zero-order valence-electron chi connectivity index (χ0n) is 14.6. The van der Waals surface area contributed by atoms with Gasteiger partial charge >= 0.3 is 0 Å². The van der Waals surface area contributed by atoms with E-state index in [9.17, 15) is 13.6 Å². The number of fused-ring (bicyclic) bond motifs is 1. The summed E-state index contributed by atoms with van der Waals surface area (Å²) in [6.45, 7) is 1.13. The molecule has 7 heteroatoms. The fourth-order valence-corrected chi connectivity index (χ4v) is 3.53. The van der Waals surface area contributed by atoms with Crippen molar-refractivity contribution >= 4 is 32.6 Å². The number of halogens is 2. The van der Waals surface area contributed by atoms with Crippen molar-refractivity contribution in [2.24, 2.45) is 0 Å². The van der Waals surface area contributed by atoms with Gasteiger partial charge in [-0.25, -0.2) is 13.8 Å². The van der Waals surface area contributed by atoms with Crippen molar-refractivity contribution in [1.82, 2.24) is 9.88 Å². The SMILES string of the molecule is CN(C)CCN(C(=O)Cc1ccc(F)cc1)c1nc2ccc(F)cc2s1. The number of benzene rings is 2. The van der Waals surface area contributed by atoms with Crippen molar-refractivity contribution in [3.05, 3.63) is 59.7 Å². The van der Waals surface area contributed by atoms with Gasteiger partial charge in [-0.2, -0.15) is 0 Å². The lowest BCUT2D eigenvalue weighted by molar-refractivity contribution is -0.118. The first kappa shape index (κ1) is 18.4.